The molecule has 0 saturated carbocycles. The van der Waals surface area contributed by atoms with Crippen LogP contribution in [0.2, 0.25) is 0 Å². The van der Waals surface area contributed by atoms with E-state index in [1.807, 2.05) is 4.90 Å². The van der Waals surface area contributed by atoms with Gasteiger partial charge in [0.2, 0.25) is 5.95 Å². The van der Waals surface area contributed by atoms with Gasteiger partial charge < -0.3 is 10.2 Å². The minimum absolute atomic E-state index is 0.103. The van der Waals surface area contributed by atoms with Gasteiger partial charge in [-0.05, 0) is 6.07 Å². The Bertz CT molecular complexity index is 1160. The maximum atomic E-state index is 13.7. The van der Waals surface area contributed by atoms with Gasteiger partial charge in [-0.3, -0.25) is 18.5 Å². The second kappa shape index (κ2) is 6.86. The molecule has 3 aromatic rings. The Morgan fingerprint density at radius 2 is 1.75 bits per heavy atom. The van der Waals surface area contributed by atoms with E-state index in [0.717, 1.165) is 4.57 Å². The van der Waals surface area contributed by atoms with Crippen molar-refractivity contribution in [2.45, 2.75) is 6.43 Å². The predicted octanol–water partition coefficient (Wildman–Crippen LogP) is 0.770. The molecule has 1 saturated heterocycles. The Kier molecular flexibility index (Phi) is 4.50. The minimum Gasteiger partial charge on any atom is -0.339 e. The topological polar surface area (TPSA) is 77.1 Å². The first-order chi connectivity index (χ1) is 13.4. The number of aromatic nitrogens is 4. The second-order valence-electron chi connectivity index (χ2n) is 6.72. The van der Waals surface area contributed by atoms with E-state index in [1.165, 1.54) is 35.4 Å². The molecule has 0 amide bonds. The van der Waals surface area contributed by atoms with Gasteiger partial charge in [-0.2, -0.15) is 4.98 Å². The van der Waals surface area contributed by atoms with E-state index in [1.54, 1.807) is 12.1 Å². The van der Waals surface area contributed by atoms with E-state index in [2.05, 4.69) is 10.3 Å². The van der Waals surface area contributed by atoms with Crippen LogP contribution in [0.5, 0.6) is 0 Å². The second-order valence-corrected chi connectivity index (χ2v) is 6.72. The van der Waals surface area contributed by atoms with Crippen LogP contribution in [0.25, 0.3) is 16.9 Å². The summed E-state index contributed by atoms with van der Waals surface area (Å²) in [5, 5.41) is 3.23. The average molecular weight is 390 g/mol. The summed E-state index contributed by atoms with van der Waals surface area (Å²) in [4.78, 5) is 31.8. The number of aryl methyl sites for hydroxylation is 1. The van der Waals surface area contributed by atoms with Gasteiger partial charge in [0.05, 0.1) is 5.69 Å². The fourth-order valence-electron chi connectivity index (χ4n) is 3.56. The van der Waals surface area contributed by atoms with Crippen LogP contribution >= 0.6 is 0 Å². The molecule has 28 heavy (non-hydrogen) atoms. The summed E-state index contributed by atoms with van der Waals surface area (Å²) in [6, 6.07) is 6.04. The van der Waals surface area contributed by atoms with Crippen molar-refractivity contribution < 1.29 is 8.78 Å². The first-order valence-corrected chi connectivity index (χ1v) is 8.93. The molecular weight excluding hydrogens is 370 g/mol. The maximum absolute atomic E-state index is 13.7. The van der Waals surface area contributed by atoms with Crippen molar-refractivity contribution in [3.63, 3.8) is 0 Å². The molecule has 1 aliphatic rings. The SMILES string of the molecule is Cn1c(=O)c2c(nc(N3CCNCC3)n2-c2ccccc2C(F)F)n(C)c1=O. The van der Waals surface area contributed by atoms with E-state index in [9.17, 15) is 18.4 Å². The fraction of sp³-hybridized carbons (Fsp3) is 0.389. The number of para-hydroxylation sites is 1. The number of rotatable bonds is 3. The smallest absolute Gasteiger partial charge is 0.332 e. The van der Waals surface area contributed by atoms with Crippen molar-refractivity contribution in [3.8, 4) is 5.69 Å². The molecule has 10 heteroatoms. The maximum Gasteiger partial charge on any atom is 0.332 e. The highest BCUT2D eigenvalue weighted by Crippen LogP contribution is 2.31. The molecule has 1 aromatic carbocycles. The van der Waals surface area contributed by atoms with Crippen LogP contribution in [0.3, 0.4) is 0 Å². The molecule has 3 heterocycles. The highest BCUT2D eigenvalue weighted by atomic mass is 19.3. The molecule has 148 valence electrons. The Labute approximate surface area is 158 Å². The van der Waals surface area contributed by atoms with Gasteiger partial charge >= 0.3 is 5.69 Å². The molecule has 8 nitrogen and oxygen atoms in total. The van der Waals surface area contributed by atoms with E-state index >= 15 is 0 Å². The first-order valence-electron chi connectivity index (χ1n) is 8.93. The van der Waals surface area contributed by atoms with Gasteiger partial charge in [0.25, 0.3) is 12.0 Å². The molecule has 1 N–H and O–H groups in total. The van der Waals surface area contributed by atoms with Crippen LogP contribution in [-0.4, -0.2) is 44.9 Å². The Morgan fingerprint density at radius 1 is 1.07 bits per heavy atom. The number of fused-ring (bicyclic) bond motifs is 1. The molecule has 4 rings (SSSR count). The number of imidazole rings is 1. The minimum atomic E-state index is -2.72. The third kappa shape index (κ3) is 2.71. The van der Waals surface area contributed by atoms with E-state index < -0.39 is 17.7 Å². The number of nitrogens with one attached hydrogen (secondary N) is 1. The van der Waals surface area contributed by atoms with Gasteiger partial charge in [0, 0.05) is 45.8 Å². The predicted molar refractivity (Wildman–Crippen MR) is 102 cm³/mol. The Morgan fingerprint density at radius 3 is 2.43 bits per heavy atom. The van der Waals surface area contributed by atoms with Gasteiger partial charge in [-0.15, -0.1) is 0 Å². The summed E-state index contributed by atoms with van der Waals surface area (Å²) < 4.78 is 31.1. The number of benzene rings is 1. The lowest BCUT2D eigenvalue weighted by molar-refractivity contribution is 0.151. The average Bonchev–Trinajstić information content (AvgIpc) is 3.12. The zero-order valence-corrected chi connectivity index (χ0v) is 15.5. The van der Waals surface area contributed by atoms with Gasteiger partial charge in [-0.1, -0.05) is 18.2 Å². The number of nitrogens with zero attached hydrogens (tertiary/aromatic N) is 5. The van der Waals surface area contributed by atoms with Crippen molar-refractivity contribution >= 4 is 17.1 Å². The summed E-state index contributed by atoms with van der Waals surface area (Å²) in [5.74, 6) is 0.378. The van der Waals surface area contributed by atoms with Crippen molar-refractivity contribution in [1.82, 2.24) is 24.0 Å². The van der Waals surface area contributed by atoms with Crippen molar-refractivity contribution in [2.24, 2.45) is 14.1 Å². The lowest BCUT2D eigenvalue weighted by atomic mass is 10.2. The van der Waals surface area contributed by atoms with Crippen molar-refractivity contribution in [3.05, 3.63) is 50.7 Å². The van der Waals surface area contributed by atoms with Gasteiger partial charge in [-0.25, -0.2) is 13.6 Å². The third-order valence-corrected chi connectivity index (χ3v) is 5.05. The van der Waals surface area contributed by atoms with Crippen LogP contribution in [0.1, 0.15) is 12.0 Å². The third-order valence-electron chi connectivity index (χ3n) is 5.05. The summed E-state index contributed by atoms with van der Waals surface area (Å²) >= 11 is 0. The zero-order chi connectivity index (χ0) is 20.0. The number of hydrogen-bond acceptors (Lipinski definition) is 5. The Balaban J connectivity index is 2.14. The van der Waals surface area contributed by atoms with Gasteiger partial charge in [0.15, 0.2) is 11.2 Å². The summed E-state index contributed by atoms with van der Waals surface area (Å²) in [6.45, 7) is 2.62. The van der Waals surface area contributed by atoms with Crippen LogP contribution < -0.4 is 21.5 Å². The molecule has 0 unspecified atom stereocenters. The molecular formula is C18H20F2N6O2. The molecule has 1 aliphatic heterocycles. The zero-order valence-electron chi connectivity index (χ0n) is 15.5. The van der Waals surface area contributed by atoms with Crippen LogP contribution in [0.15, 0.2) is 33.9 Å². The van der Waals surface area contributed by atoms with Crippen LogP contribution in [0, 0.1) is 0 Å². The lowest BCUT2D eigenvalue weighted by Crippen LogP contribution is -2.44. The molecule has 0 spiro atoms. The van der Waals surface area contributed by atoms with Gasteiger partial charge in [0.1, 0.15) is 0 Å². The molecule has 0 bridgehead atoms. The Hall–Kier alpha value is -3.01. The number of anilines is 1. The largest absolute Gasteiger partial charge is 0.339 e. The lowest BCUT2D eigenvalue weighted by Gasteiger charge is -2.29. The molecule has 1 fully saturated rings. The molecule has 0 atom stereocenters. The number of piperazine rings is 1. The number of alkyl halides is 2. The standard InChI is InChI=1S/C18H20F2N6O2/c1-23-15-13(16(27)24(2)18(23)28)26(12-6-4-3-5-11(12)14(19)20)17(22-15)25-9-7-21-8-10-25/h3-6,14,21H,7-10H2,1-2H3. The molecule has 2 aromatic heterocycles. The van der Waals surface area contributed by atoms with Crippen molar-refractivity contribution in [2.75, 3.05) is 31.1 Å². The first kappa shape index (κ1) is 18.4. The van der Waals surface area contributed by atoms with E-state index in [0.29, 0.717) is 32.1 Å². The van der Waals surface area contributed by atoms with Crippen molar-refractivity contribution in [1.29, 1.82) is 0 Å². The van der Waals surface area contributed by atoms with Crippen LogP contribution in [0.4, 0.5) is 14.7 Å². The summed E-state index contributed by atoms with van der Waals surface area (Å²) in [5.41, 5.74) is -0.831. The highest BCUT2D eigenvalue weighted by molar-refractivity contribution is 5.78. The molecule has 0 radical (unpaired) electrons. The van der Waals surface area contributed by atoms with Crippen LogP contribution in [-0.2, 0) is 14.1 Å². The summed E-state index contributed by atoms with van der Waals surface area (Å²) in [6.07, 6.45) is -2.72. The highest BCUT2D eigenvalue weighted by Gasteiger charge is 2.27. The van der Waals surface area contributed by atoms with E-state index in [4.69, 9.17) is 0 Å². The monoisotopic (exact) mass is 390 g/mol. The number of hydrogen-bond donors (Lipinski definition) is 1. The fourth-order valence-corrected chi connectivity index (χ4v) is 3.56. The quantitative estimate of drug-likeness (QED) is 0.715. The van der Waals surface area contributed by atoms with E-state index in [-0.39, 0.29) is 22.4 Å². The normalized spacial score (nSPS) is 15.0. The molecule has 0 aliphatic carbocycles. The summed E-state index contributed by atoms with van der Waals surface area (Å²) in [7, 11) is 2.88. The number of halogens is 2.